The molecule has 0 spiro atoms. The van der Waals surface area contributed by atoms with E-state index < -0.39 is 0 Å². The highest BCUT2D eigenvalue weighted by molar-refractivity contribution is 5.77. The fraction of sp³-hybridized carbons (Fsp3) is 0.571. The van der Waals surface area contributed by atoms with Crippen LogP contribution in [-0.2, 0) is 4.79 Å². The first-order chi connectivity index (χ1) is 9.00. The van der Waals surface area contributed by atoms with Crippen molar-refractivity contribution in [2.24, 2.45) is 17.4 Å². The molecule has 1 saturated heterocycles. The Hall–Kier alpha value is -1.62. The highest BCUT2D eigenvalue weighted by atomic mass is 16.1. The molecular formula is C14H22N4O. The minimum atomic E-state index is -0.227. The van der Waals surface area contributed by atoms with E-state index in [1.807, 2.05) is 19.1 Å². The molecule has 2 unspecified atom stereocenters. The van der Waals surface area contributed by atoms with Gasteiger partial charge in [0, 0.05) is 30.4 Å². The van der Waals surface area contributed by atoms with Gasteiger partial charge in [0.05, 0.1) is 5.92 Å². The highest BCUT2D eigenvalue weighted by Gasteiger charge is 2.30. The summed E-state index contributed by atoms with van der Waals surface area (Å²) in [6.45, 7) is 4.73. The zero-order chi connectivity index (χ0) is 14.0. The molecule has 4 N–H and O–H groups in total. The van der Waals surface area contributed by atoms with Crippen LogP contribution in [0, 0.1) is 5.92 Å². The summed E-state index contributed by atoms with van der Waals surface area (Å²) in [6, 6.07) is 4.16. The van der Waals surface area contributed by atoms with Crippen molar-refractivity contribution in [1.82, 2.24) is 4.98 Å². The summed E-state index contributed by atoms with van der Waals surface area (Å²) in [5.41, 5.74) is 12.5. The molecule has 5 heteroatoms. The average molecular weight is 262 g/mol. The minimum absolute atomic E-state index is 0.0788. The molecule has 0 radical (unpaired) electrons. The van der Waals surface area contributed by atoms with Gasteiger partial charge in [0.15, 0.2) is 0 Å². The molecule has 1 aromatic heterocycles. The van der Waals surface area contributed by atoms with Crippen molar-refractivity contribution < 1.29 is 4.79 Å². The van der Waals surface area contributed by atoms with Gasteiger partial charge in [0.1, 0.15) is 5.82 Å². The lowest BCUT2D eigenvalue weighted by Gasteiger charge is -2.39. The number of carbonyl (C=O) groups is 1. The molecule has 1 fully saturated rings. The number of aromatic nitrogens is 1. The number of primary amides is 1. The van der Waals surface area contributed by atoms with Crippen molar-refractivity contribution in [3.63, 3.8) is 0 Å². The maximum Gasteiger partial charge on any atom is 0.222 e. The van der Waals surface area contributed by atoms with Crippen LogP contribution in [0.3, 0.4) is 0 Å². The first-order valence-corrected chi connectivity index (χ1v) is 6.77. The number of hydrogen-bond donors (Lipinski definition) is 2. The maximum atomic E-state index is 11.4. The molecule has 0 aromatic carbocycles. The van der Waals surface area contributed by atoms with Gasteiger partial charge >= 0.3 is 0 Å². The molecule has 104 valence electrons. The van der Waals surface area contributed by atoms with Crippen LogP contribution in [0.2, 0.25) is 0 Å². The van der Waals surface area contributed by atoms with Crippen LogP contribution in [0.5, 0.6) is 0 Å². The largest absolute Gasteiger partial charge is 0.369 e. The van der Waals surface area contributed by atoms with Crippen LogP contribution in [0.25, 0.3) is 0 Å². The monoisotopic (exact) mass is 262 g/mol. The summed E-state index contributed by atoms with van der Waals surface area (Å²) in [4.78, 5) is 18.0. The smallest absolute Gasteiger partial charge is 0.222 e. The predicted octanol–water partition coefficient (Wildman–Crippen LogP) is 1.19. The molecule has 2 rings (SSSR count). The van der Waals surface area contributed by atoms with Crippen molar-refractivity contribution in [2.75, 3.05) is 11.4 Å². The van der Waals surface area contributed by atoms with E-state index in [9.17, 15) is 4.79 Å². The lowest BCUT2D eigenvalue weighted by atomic mass is 9.92. The van der Waals surface area contributed by atoms with Gasteiger partial charge in [-0.1, -0.05) is 6.07 Å². The Morgan fingerprint density at radius 3 is 2.89 bits per heavy atom. The van der Waals surface area contributed by atoms with Crippen LogP contribution >= 0.6 is 0 Å². The number of nitrogens with zero attached hydrogens (tertiary/aromatic N) is 2. The molecule has 0 saturated carbocycles. The average Bonchev–Trinajstić information content (AvgIpc) is 2.39. The molecule has 1 aromatic rings. The topological polar surface area (TPSA) is 85.2 Å². The van der Waals surface area contributed by atoms with Crippen molar-refractivity contribution >= 4 is 11.7 Å². The first kappa shape index (κ1) is 13.8. The third kappa shape index (κ3) is 2.87. The molecule has 1 amide bonds. The number of pyridine rings is 1. The summed E-state index contributed by atoms with van der Waals surface area (Å²) in [5.74, 6) is 0.560. The third-order valence-electron chi connectivity index (χ3n) is 3.86. The molecular weight excluding hydrogens is 240 g/mol. The van der Waals surface area contributed by atoms with Gasteiger partial charge < -0.3 is 16.4 Å². The molecule has 19 heavy (non-hydrogen) atoms. The molecule has 2 heterocycles. The molecule has 0 bridgehead atoms. The van der Waals surface area contributed by atoms with Gasteiger partial charge in [-0.15, -0.1) is 0 Å². The SMILES string of the molecule is CC1CCC(C(N)=O)CN1c1ncccc1[C@H](C)N. The number of amides is 1. The normalized spacial score (nSPS) is 25.1. The number of nitrogens with two attached hydrogens (primary N) is 2. The second-order valence-corrected chi connectivity index (χ2v) is 5.38. The Balaban J connectivity index is 2.31. The summed E-state index contributed by atoms with van der Waals surface area (Å²) in [7, 11) is 0. The highest BCUT2D eigenvalue weighted by Crippen LogP contribution is 2.30. The minimum Gasteiger partial charge on any atom is -0.369 e. The Morgan fingerprint density at radius 2 is 2.26 bits per heavy atom. The van der Waals surface area contributed by atoms with Crippen molar-refractivity contribution in [1.29, 1.82) is 0 Å². The van der Waals surface area contributed by atoms with Crippen molar-refractivity contribution in [3.05, 3.63) is 23.9 Å². The van der Waals surface area contributed by atoms with Gasteiger partial charge in [0.2, 0.25) is 5.91 Å². The number of carbonyl (C=O) groups excluding carboxylic acids is 1. The summed E-state index contributed by atoms with van der Waals surface area (Å²) < 4.78 is 0. The Bertz CT molecular complexity index is 461. The van der Waals surface area contributed by atoms with E-state index in [0.29, 0.717) is 12.6 Å². The molecule has 0 aliphatic carbocycles. The molecule has 5 nitrogen and oxygen atoms in total. The number of anilines is 1. The van der Waals surface area contributed by atoms with Gasteiger partial charge in [-0.3, -0.25) is 4.79 Å². The molecule has 1 aliphatic rings. The van der Waals surface area contributed by atoms with Crippen LogP contribution in [-0.4, -0.2) is 23.5 Å². The first-order valence-electron chi connectivity index (χ1n) is 6.77. The van der Waals surface area contributed by atoms with Gasteiger partial charge in [0.25, 0.3) is 0 Å². The second-order valence-electron chi connectivity index (χ2n) is 5.38. The van der Waals surface area contributed by atoms with E-state index in [2.05, 4.69) is 16.8 Å². The quantitative estimate of drug-likeness (QED) is 0.857. The maximum absolute atomic E-state index is 11.4. The Labute approximate surface area is 114 Å². The number of piperidine rings is 1. The van der Waals surface area contributed by atoms with Crippen molar-refractivity contribution in [2.45, 2.75) is 38.8 Å². The fourth-order valence-electron chi connectivity index (χ4n) is 2.64. The van der Waals surface area contributed by atoms with Crippen LogP contribution in [0.4, 0.5) is 5.82 Å². The number of hydrogen-bond acceptors (Lipinski definition) is 4. The zero-order valence-electron chi connectivity index (χ0n) is 11.5. The van der Waals surface area contributed by atoms with Gasteiger partial charge in [-0.25, -0.2) is 4.98 Å². The van der Waals surface area contributed by atoms with Gasteiger partial charge in [-0.2, -0.15) is 0 Å². The van der Waals surface area contributed by atoms with Crippen LogP contribution in [0.15, 0.2) is 18.3 Å². The third-order valence-corrected chi connectivity index (χ3v) is 3.86. The Kier molecular flexibility index (Phi) is 4.04. The van der Waals surface area contributed by atoms with E-state index in [1.165, 1.54) is 0 Å². The standard InChI is InChI=1S/C14H22N4O/c1-9-5-6-11(13(16)19)8-18(9)14-12(10(2)15)4-3-7-17-14/h3-4,7,9-11H,5-6,8,15H2,1-2H3,(H2,16,19)/t9?,10-,11?/m0/s1. The number of rotatable bonds is 3. The zero-order valence-corrected chi connectivity index (χ0v) is 11.5. The van der Waals surface area contributed by atoms with Crippen LogP contribution in [0.1, 0.15) is 38.3 Å². The summed E-state index contributed by atoms with van der Waals surface area (Å²) >= 11 is 0. The molecule has 1 aliphatic heterocycles. The van der Waals surface area contributed by atoms with E-state index >= 15 is 0 Å². The molecule has 3 atom stereocenters. The lowest BCUT2D eigenvalue weighted by molar-refractivity contribution is -0.122. The van der Waals surface area contributed by atoms with Gasteiger partial charge in [-0.05, 0) is 32.8 Å². The summed E-state index contributed by atoms with van der Waals surface area (Å²) in [5, 5.41) is 0. The predicted molar refractivity (Wildman–Crippen MR) is 75.6 cm³/mol. The van der Waals surface area contributed by atoms with Crippen LogP contribution < -0.4 is 16.4 Å². The second kappa shape index (κ2) is 5.57. The van der Waals surface area contributed by atoms with Crippen molar-refractivity contribution in [3.8, 4) is 0 Å². The fourth-order valence-corrected chi connectivity index (χ4v) is 2.64. The lowest BCUT2D eigenvalue weighted by Crippen LogP contribution is -2.46. The van der Waals surface area contributed by atoms with E-state index in [4.69, 9.17) is 11.5 Å². The Morgan fingerprint density at radius 1 is 1.53 bits per heavy atom. The van der Waals surface area contributed by atoms with E-state index in [0.717, 1.165) is 24.2 Å². The van der Waals surface area contributed by atoms with E-state index in [1.54, 1.807) is 6.20 Å². The van der Waals surface area contributed by atoms with E-state index in [-0.39, 0.29) is 17.9 Å². The summed E-state index contributed by atoms with van der Waals surface area (Å²) in [6.07, 6.45) is 3.57.